The lowest BCUT2D eigenvalue weighted by Crippen LogP contribution is -2.17. The molecule has 0 aromatic carbocycles. The van der Waals surface area contributed by atoms with Gasteiger partial charge in [0.2, 0.25) is 0 Å². The fourth-order valence-corrected chi connectivity index (χ4v) is 2.91. The summed E-state index contributed by atoms with van der Waals surface area (Å²) < 4.78 is 32.3. The van der Waals surface area contributed by atoms with Gasteiger partial charge >= 0.3 is 5.97 Å². The number of hydrogen-bond donors (Lipinski definition) is 1. The zero-order chi connectivity index (χ0) is 14.9. The van der Waals surface area contributed by atoms with E-state index in [1.54, 1.807) is 39.0 Å². The predicted octanol–water partition coefficient (Wildman–Crippen LogP) is 2.66. The Morgan fingerprint density at radius 1 is 1.16 bits per heavy atom. The van der Waals surface area contributed by atoms with Gasteiger partial charge in [-0.25, -0.2) is 0 Å². The number of esters is 1. The first kappa shape index (κ1) is 18.4. The van der Waals surface area contributed by atoms with Crippen LogP contribution in [0.1, 0.15) is 52.9 Å². The van der Waals surface area contributed by atoms with E-state index in [1.165, 1.54) is 11.8 Å². The lowest BCUT2D eigenvalue weighted by atomic mass is 10.0. The van der Waals surface area contributed by atoms with Crippen molar-refractivity contribution in [2.24, 2.45) is 11.8 Å². The Bertz CT molecular complexity index is 332. The molecule has 0 aromatic heterocycles. The minimum Gasteiger partial charge on any atom is -0.465 e. The van der Waals surface area contributed by atoms with Crippen LogP contribution in [-0.2, 0) is 19.6 Å². The number of fused-ring (bicyclic) bond motifs is 2. The first-order chi connectivity index (χ1) is 8.90. The monoisotopic (exact) mass is 294 g/mol. The molecule has 0 aliphatic heterocycles. The summed E-state index contributed by atoms with van der Waals surface area (Å²) in [6.45, 7) is 5.65. The Labute approximate surface area is 116 Å². The van der Waals surface area contributed by atoms with Crippen molar-refractivity contribution < 1.29 is 22.5 Å². The normalized spacial score (nSPS) is 23.8. The van der Waals surface area contributed by atoms with E-state index in [0.29, 0.717) is 0 Å². The third-order valence-corrected chi connectivity index (χ3v) is 3.84. The van der Waals surface area contributed by atoms with Crippen LogP contribution >= 0.6 is 0 Å². The maximum atomic E-state index is 10.3. The van der Waals surface area contributed by atoms with Crippen molar-refractivity contribution in [1.29, 1.82) is 0 Å². The van der Waals surface area contributed by atoms with Crippen molar-refractivity contribution in [3.05, 3.63) is 0 Å². The number of carbonyl (C=O) groups is 1. The average molecular weight is 294 g/mol. The molecule has 114 valence electrons. The van der Waals surface area contributed by atoms with E-state index in [2.05, 4.69) is 4.74 Å². The van der Waals surface area contributed by atoms with Crippen LogP contribution in [0.4, 0.5) is 0 Å². The Morgan fingerprint density at radius 2 is 1.58 bits per heavy atom. The third kappa shape index (κ3) is 8.99. The van der Waals surface area contributed by atoms with Crippen LogP contribution in [0, 0.1) is 11.8 Å². The zero-order valence-corrected chi connectivity index (χ0v) is 12.9. The highest BCUT2D eigenvalue weighted by Gasteiger charge is 2.30. The molecule has 2 aliphatic carbocycles. The van der Waals surface area contributed by atoms with Crippen LogP contribution in [-0.4, -0.2) is 31.3 Å². The summed E-state index contributed by atoms with van der Waals surface area (Å²) >= 11 is 0. The zero-order valence-electron chi connectivity index (χ0n) is 12.1. The molecule has 2 bridgehead atoms. The molecule has 6 heteroatoms. The first-order valence-electron chi connectivity index (χ1n) is 7.01. The molecule has 2 fully saturated rings. The van der Waals surface area contributed by atoms with E-state index in [-0.39, 0.29) is 6.61 Å². The van der Waals surface area contributed by atoms with E-state index >= 15 is 0 Å². The second-order valence-corrected chi connectivity index (χ2v) is 6.11. The van der Waals surface area contributed by atoms with E-state index in [1.807, 2.05) is 13.8 Å². The summed E-state index contributed by atoms with van der Waals surface area (Å²) in [5, 5.41) is 0. The van der Waals surface area contributed by atoms with Gasteiger partial charge in [0.1, 0.15) is 0 Å². The molecule has 0 amide bonds. The molecule has 0 atom stereocenters. The summed E-state index contributed by atoms with van der Waals surface area (Å²) in [6, 6.07) is 0. The molecule has 2 aliphatic rings. The van der Waals surface area contributed by atoms with E-state index < -0.39 is 21.8 Å². The molecule has 0 unspecified atom stereocenters. The van der Waals surface area contributed by atoms with E-state index in [4.69, 9.17) is 4.55 Å². The Hall–Kier alpha value is -0.620. The van der Waals surface area contributed by atoms with Crippen molar-refractivity contribution in [2.45, 2.75) is 52.9 Å². The smallest absolute Gasteiger partial charge is 0.323 e. The van der Waals surface area contributed by atoms with Crippen molar-refractivity contribution >= 4 is 16.1 Å². The number of hydrogen-bond acceptors (Lipinski definition) is 4. The highest BCUT2D eigenvalue weighted by Crippen LogP contribution is 2.43. The maximum Gasteiger partial charge on any atom is 0.323 e. The van der Waals surface area contributed by atoms with Gasteiger partial charge in [-0.05, 0) is 25.2 Å². The molecule has 5 nitrogen and oxygen atoms in total. The van der Waals surface area contributed by atoms with Gasteiger partial charge in [0.05, 0.1) is 6.61 Å². The second kappa shape index (κ2) is 9.31. The van der Waals surface area contributed by atoms with Gasteiger partial charge < -0.3 is 4.74 Å². The van der Waals surface area contributed by atoms with E-state index in [0.717, 1.165) is 0 Å². The summed E-state index contributed by atoms with van der Waals surface area (Å²) in [5.41, 5.74) is 0. The van der Waals surface area contributed by atoms with Crippen LogP contribution in [0.5, 0.6) is 0 Å². The second-order valence-electron chi connectivity index (χ2n) is 4.65. The fourth-order valence-electron chi connectivity index (χ4n) is 2.53. The summed E-state index contributed by atoms with van der Waals surface area (Å²) in [4.78, 5) is 10.3. The molecule has 0 aromatic rings. The minimum atomic E-state index is -4.22. The predicted molar refractivity (Wildman–Crippen MR) is 74.5 cm³/mol. The van der Waals surface area contributed by atoms with Gasteiger partial charge in [-0.15, -0.1) is 0 Å². The van der Waals surface area contributed by atoms with Gasteiger partial charge in [0.15, 0.2) is 5.75 Å². The topological polar surface area (TPSA) is 80.7 Å². The molecule has 0 radical (unpaired) electrons. The van der Waals surface area contributed by atoms with Crippen LogP contribution in [0.25, 0.3) is 0 Å². The molecule has 0 saturated heterocycles. The fraction of sp³-hybridized carbons (Fsp3) is 0.923. The molecule has 19 heavy (non-hydrogen) atoms. The van der Waals surface area contributed by atoms with Crippen LogP contribution in [0.15, 0.2) is 0 Å². The van der Waals surface area contributed by atoms with Crippen LogP contribution in [0.2, 0.25) is 0 Å². The number of carbonyl (C=O) groups excluding carboxylic acids is 1. The minimum absolute atomic E-state index is 0.106. The van der Waals surface area contributed by atoms with Crippen LogP contribution < -0.4 is 0 Å². The van der Waals surface area contributed by atoms with Gasteiger partial charge in [-0.3, -0.25) is 9.35 Å². The standard InChI is InChI=1S/C7H12.C4H8O5S.C2H6/c1-2-7-4-3-6(1)5-7;1-2-9-4(5)3-10(6,7)8;1-2/h6-7H,1-5H2;2-3H2,1H3,(H,6,7,8);1-2H3. The lowest BCUT2D eigenvalue weighted by molar-refractivity contribution is -0.140. The van der Waals surface area contributed by atoms with Crippen molar-refractivity contribution in [3.63, 3.8) is 0 Å². The Kier molecular flexibility index (Phi) is 9.01. The van der Waals surface area contributed by atoms with Gasteiger partial charge in [0.25, 0.3) is 10.1 Å². The molecule has 2 rings (SSSR count). The maximum absolute atomic E-state index is 10.3. The molecular formula is C13H26O5S. The Morgan fingerprint density at radius 3 is 1.79 bits per heavy atom. The average Bonchev–Trinajstić information content (AvgIpc) is 2.94. The lowest BCUT2D eigenvalue weighted by Gasteiger charge is -2.05. The highest BCUT2D eigenvalue weighted by atomic mass is 32.2. The first-order valence-corrected chi connectivity index (χ1v) is 8.62. The quantitative estimate of drug-likeness (QED) is 0.639. The largest absolute Gasteiger partial charge is 0.465 e. The van der Waals surface area contributed by atoms with E-state index in [9.17, 15) is 13.2 Å². The van der Waals surface area contributed by atoms with Gasteiger partial charge in [-0.2, -0.15) is 8.42 Å². The highest BCUT2D eigenvalue weighted by molar-refractivity contribution is 7.86. The van der Waals surface area contributed by atoms with Crippen molar-refractivity contribution in [1.82, 2.24) is 0 Å². The molecule has 2 saturated carbocycles. The molecule has 0 heterocycles. The summed E-state index contributed by atoms with van der Waals surface area (Å²) in [7, 11) is -4.22. The molecule has 0 spiro atoms. The molecular weight excluding hydrogens is 268 g/mol. The number of ether oxygens (including phenoxy) is 1. The van der Waals surface area contributed by atoms with Crippen molar-refractivity contribution in [2.75, 3.05) is 12.4 Å². The third-order valence-electron chi connectivity index (χ3n) is 3.24. The van der Waals surface area contributed by atoms with Gasteiger partial charge in [0, 0.05) is 0 Å². The number of rotatable bonds is 3. The SMILES string of the molecule is C1CC2CCC1C2.CC.CCOC(=O)CS(=O)(=O)O. The van der Waals surface area contributed by atoms with Crippen LogP contribution in [0.3, 0.4) is 0 Å². The Balaban J connectivity index is 0.000000311. The van der Waals surface area contributed by atoms with Gasteiger partial charge in [-0.1, -0.05) is 39.5 Å². The summed E-state index contributed by atoms with van der Waals surface area (Å²) in [6.07, 6.45) is 7.82. The molecule has 1 N–H and O–H groups in total. The van der Waals surface area contributed by atoms with Crippen molar-refractivity contribution in [3.8, 4) is 0 Å². The summed E-state index contributed by atoms with van der Waals surface area (Å²) in [5.74, 6) is 0.431.